The van der Waals surface area contributed by atoms with E-state index in [0.717, 1.165) is 24.4 Å². The molecule has 0 atom stereocenters. The number of amides is 1. The molecule has 0 spiro atoms. The number of nitrogens with zero attached hydrogens (tertiary/aromatic N) is 2. The van der Waals surface area contributed by atoms with Gasteiger partial charge in [-0.2, -0.15) is 0 Å². The monoisotopic (exact) mass is 449 g/mol. The molecule has 9 heteroatoms. The van der Waals surface area contributed by atoms with E-state index in [2.05, 4.69) is 17.2 Å². The molecule has 0 bridgehead atoms. The quantitative estimate of drug-likeness (QED) is 0.667. The van der Waals surface area contributed by atoms with Gasteiger partial charge in [-0.05, 0) is 43.0 Å². The van der Waals surface area contributed by atoms with E-state index in [-0.39, 0.29) is 11.9 Å². The van der Waals surface area contributed by atoms with Crippen molar-refractivity contribution in [2.45, 2.75) is 38.8 Å². The van der Waals surface area contributed by atoms with E-state index in [4.69, 9.17) is 4.74 Å². The summed E-state index contributed by atoms with van der Waals surface area (Å²) in [5.41, 5.74) is 1.74. The number of carbonyl (C=O) groups is 1. The van der Waals surface area contributed by atoms with Gasteiger partial charge in [-0.15, -0.1) is 0 Å². The molecule has 1 aliphatic heterocycles. The van der Waals surface area contributed by atoms with Gasteiger partial charge >= 0.3 is 0 Å². The maximum absolute atomic E-state index is 13.8. The maximum Gasteiger partial charge on any atom is 0.237 e. The van der Waals surface area contributed by atoms with Crippen molar-refractivity contribution in [3.8, 4) is 11.6 Å². The third-order valence-electron chi connectivity index (χ3n) is 5.23. The van der Waals surface area contributed by atoms with Crippen molar-refractivity contribution in [3.63, 3.8) is 0 Å². The fourth-order valence-corrected chi connectivity index (χ4v) is 4.16. The molecule has 2 aromatic rings. The number of pyridine rings is 1. The number of sulfone groups is 1. The Labute approximate surface area is 182 Å². The maximum atomic E-state index is 13.8. The van der Waals surface area contributed by atoms with Crippen LogP contribution in [0.4, 0.5) is 4.39 Å². The number of nitrogens with one attached hydrogen (secondary N) is 1. The van der Waals surface area contributed by atoms with E-state index in [1.165, 1.54) is 6.07 Å². The molecule has 1 fully saturated rings. The summed E-state index contributed by atoms with van der Waals surface area (Å²) in [4.78, 5) is 17.8. The predicted molar refractivity (Wildman–Crippen MR) is 116 cm³/mol. The first-order chi connectivity index (χ1) is 14.7. The number of carbonyl (C=O) groups excluding carboxylic acids is 1. The van der Waals surface area contributed by atoms with Crippen molar-refractivity contribution in [2.24, 2.45) is 0 Å². The SMILES string of the molecule is CCc1cccc(Oc2ncc(F)cc2CNC2CCN(C(=O)CS(C)(=O)=O)CC2)c1. The lowest BCUT2D eigenvalue weighted by Gasteiger charge is -2.32. The third-order valence-corrected chi connectivity index (χ3v) is 6.00. The van der Waals surface area contributed by atoms with Crippen LogP contribution >= 0.6 is 0 Å². The molecule has 0 aliphatic carbocycles. The van der Waals surface area contributed by atoms with E-state index in [0.29, 0.717) is 49.7 Å². The lowest BCUT2D eigenvalue weighted by Crippen LogP contribution is -2.46. The zero-order chi connectivity index (χ0) is 22.4. The molecule has 1 aliphatic rings. The van der Waals surface area contributed by atoms with Crippen LogP contribution in [0.3, 0.4) is 0 Å². The van der Waals surface area contributed by atoms with E-state index in [1.807, 2.05) is 24.3 Å². The summed E-state index contributed by atoms with van der Waals surface area (Å²) in [6.45, 7) is 3.40. The van der Waals surface area contributed by atoms with Gasteiger partial charge in [-0.3, -0.25) is 4.79 Å². The van der Waals surface area contributed by atoms with Crippen LogP contribution in [0.2, 0.25) is 0 Å². The Morgan fingerprint density at radius 1 is 1.29 bits per heavy atom. The molecule has 7 nitrogen and oxygen atoms in total. The molecule has 1 aromatic carbocycles. The van der Waals surface area contributed by atoms with Crippen LogP contribution in [0.1, 0.15) is 30.9 Å². The molecular weight excluding hydrogens is 421 g/mol. The molecule has 168 valence electrons. The standard InChI is InChI=1S/C22H28FN3O4S/c1-3-16-5-4-6-20(11-16)30-22-17(12-18(23)14-25-22)13-24-19-7-9-26(10-8-19)21(27)15-31(2,28)29/h4-6,11-12,14,19,24H,3,7-10,13,15H2,1-2H3. The number of aryl methyl sites for hydroxylation is 1. The number of benzene rings is 1. The lowest BCUT2D eigenvalue weighted by molar-refractivity contribution is -0.129. The zero-order valence-corrected chi connectivity index (χ0v) is 18.6. The fourth-order valence-electron chi connectivity index (χ4n) is 3.53. The Hall–Kier alpha value is -2.52. The smallest absolute Gasteiger partial charge is 0.237 e. The van der Waals surface area contributed by atoms with Gasteiger partial charge in [0.05, 0.1) is 6.20 Å². The first-order valence-corrected chi connectivity index (χ1v) is 12.4. The van der Waals surface area contributed by atoms with Crippen molar-refractivity contribution in [2.75, 3.05) is 25.1 Å². The summed E-state index contributed by atoms with van der Waals surface area (Å²) < 4.78 is 42.4. The van der Waals surface area contributed by atoms with Crippen molar-refractivity contribution < 1.29 is 22.3 Å². The molecule has 0 radical (unpaired) electrons. The van der Waals surface area contributed by atoms with Gasteiger partial charge in [-0.25, -0.2) is 17.8 Å². The Bertz CT molecular complexity index is 1020. The Kier molecular flexibility index (Phi) is 7.61. The first-order valence-electron chi connectivity index (χ1n) is 10.3. The van der Waals surface area contributed by atoms with Crippen LogP contribution < -0.4 is 10.1 Å². The van der Waals surface area contributed by atoms with Gasteiger partial charge in [0.15, 0.2) is 9.84 Å². The number of piperidine rings is 1. The third kappa shape index (κ3) is 7.00. The van der Waals surface area contributed by atoms with E-state index >= 15 is 0 Å². The number of hydrogen-bond donors (Lipinski definition) is 1. The average Bonchev–Trinajstić information content (AvgIpc) is 2.73. The summed E-state index contributed by atoms with van der Waals surface area (Å²) in [6, 6.07) is 9.23. The Morgan fingerprint density at radius 3 is 2.71 bits per heavy atom. The van der Waals surface area contributed by atoms with E-state index in [1.54, 1.807) is 4.90 Å². The van der Waals surface area contributed by atoms with Crippen LogP contribution in [-0.4, -0.2) is 55.3 Å². The molecule has 31 heavy (non-hydrogen) atoms. The lowest BCUT2D eigenvalue weighted by atomic mass is 10.0. The second kappa shape index (κ2) is 10.2. The van der Waals surface area contributed by atoms with Crippen molar-refractivity contribution in [1.29, 1.82) is 0 Å². The molecule has 2 heterocycles. The van der Waals surface area contributed by atoms with Gasteiger partial charge in [0.1, 0.15) is 17.3 Å². The topological polar surface area (TPSA) is 88.6 Å². The largest absolute Gasteiger partial charge is 0.439 e. The molecule has 1 saturated heterocycles. The average molecular weight is 450 g/mol. The molecule has 1 N–H and O–H groups in total. The highest BCUT2D eigenvalue weighted by Crippen LogP contribution is 2.25. The Balaban J connectivity index is 1.58. The summed E-state index contributed by atoms with van der Waals surface area (Å²) >= 11 is 0. The van der Waals surface area contributed by atoms with Gasteiger partial charge < -0.3 is 15.0 Å². The van der Waals surface area contributed by atoms with Crippen LogP contribution in [0.15, 0.2) is 36.5 Å². The second-order valence-electron chi connectivity index (χ2n) is 7.83. The zero-order valence-electron chi connectivity index (χ0n) is 17.8. The van der Waals surface area contributed by atoms with Gasteiger partial charge in [-0.1, -0.05) is 19.1 Å². The van der Waals surface area contributed by atoms with Crippen LogP contribution in [0.5, 0.6) is 11.6 Å². The summed E-state index contributed by atoms with van der Waals surface area (Å²) in [5.74, 6) is -0.256. The first kappa shape index (κ1) is 23.1. The highest BCUT2D eigenvalue weighted by molar-refractivity contribution is 7.91. The minimum Gasteiger partial charge on any atom is -0.439 e. The van der Waals surface area contributed by atoms with Gasteiger partial charge in [0.2, 0.25) is 11.8 Å². The van der Waals surface area contributed by atoms with Crippen molar-refractivity contribution in [3.05, 3.63) is 53.5 Å². The highest BCUT2D eigenvalue weighted by Gasteiger charge is 2.25. The molecule has 3 rings (SSSR count). The molecule has 0 unspecified atom stereocenters. The molecule has 0 saturated carbocycles. The number of hydrogen-bond acceptors (Lipinski definition) is 6. The molecular formula is C22H28FN3O4S. The summed E-state index contributed by atoms with van der Waals surface area (Å²) in [6.07, 6.45) is 4.45. The second-order valence-corrected chi connectivity index (χ2v) is 9.97. The Morgan fingerprint density at radius 2 is 2.03 bits per heavy atom. The number of aromatic nitrogens is 1. The van der Waals surface area contributed by atoms with E-state index < -0.39 is 21.4 Å². The van der Waals surface area contributed by atoms with Crippen molar-refractivity contribution >= 4 is 15.7 Å². The van der Waals surface area contributed by atoms with Crippen molar-refractivity contribution in [1.82, 2.24) is 15.2 Å². The summed E-state index contributed by atoms with van der Waals surface area (Å²) in [5, 5.41) is 3.38. The number of rotatable bonds is 8. The van der Waals surface area contributed by atoms with E-state index in [9.17, 15) is 17.6 Å². The fraction of sp³-hybridized carbons (Fsp3) is 0.455. The summed E-state index contributed by atoms with van der Waals surface area (Å²) in [7, 11) is -3.33. The van der Waals surface area contributed by atoms with Gasteiger partial charge in [0, 0.05) is 37.5 Å². The minimum atomic E-state index is -3.33. The van der Waals surface area contributed by atoms with Gasteiger partial charge in [0.25, 0.3) is 0 Å². The van der Waals surface area contributed by atoms with Crippen LogP contribution in [-0.2, 0) is 27.6 Å². The van der Waals surface area contributed by atoms with Crippen LogP contribution in [0.25, 0.3) is 0 Å². The highest BCUT2D eigenvalue weighted by atomic mass is 32.2. The molecule has 1 amide bonds. The number of ether oxygens (including phenoxy) is 1. The number of likely N-dealkylation sites (tertiary alicyclic amines) is 1. The normalized spacial score (nSPS) is 15.1. The predicted octanol–water partition coefficient (Wildman–Crippen LogP) is 2.70. The minimum absolute atomic E-state index is 0.127. The van der Waals surface area contributed by atoms with Crippen LogP contribution in [0, 0.1) is 5.82 Å². The number of halogens is 1. The molecule has 1 aromatic heterocycles.